The van der Waals surface area contributed by atoms with E-state index in [9.17, 15) is 9.59 Å². The summed E-state index contributed by atoms with van der Waals surface area (Å²) >= 11 is 0. The number of primary amides is 1. The first kappa shape index (κ1) is 20.9. The molecule has 7 nitrogen and oxygen atoms in total. The van der Waals surface area contributed by atoms with E-state index in [1.54, 1.807) is 56.7 Å². The van der Waals surface area contributed by atoms with Crippen LogP contribution in [0, 0.1) is 0 Å². The average molecular weight is 427 g/mol. The summed E-state index contributed by atoms with van der Waals surface area (Å²) < 4.78 is 10.7. The number of hydrogen-bond donors (Lipinski definition) is 2. The van der Waals surface area contributed by atoms with Crippen LogP contribution in [0.25, 0.3) is 22.2 Å². The van der Waals surface area contributed by atoms with Crippen LogP contribution in [0.15, 0.2) is 72.8 Å². The highest BCUT2D eigenvalue weighted by molar-refractivity contribution is 6.14. The van der Waals surface area contributed by atoms with E-state index in [4.69, 9.17) is 20.2 Å². The lowest BCUT2D eigenvalue weighted by atomic mass is 10.0. The van der Waals surface area contributed by atoms with E-state index >= 15 is 0 Å². The molecule has 0 atom stereocenters. The summed E-state index contributed by atoms with van der Waals surface area (Å²) in [7, 11) is 3.13. The molecule has 3 aromatic carbocycles. The lowest BCUT2D eigenvalue weighted by Gasteiger charge is -2.13. The number of rotatable bonds is 6. The van der Waals surface area contributed by atoms with Crippen LogP contribution in [0.5, 0.6) is 11.5 Å². The van der Waals surface area contributed by atoms with Gasteiger partial charge < -0.3 is 20.5 Å². The van der Waals surface area contributed by atoms with Crippen molar-refractivity contribution >= 4 is 28.4 Å². The van der Waals surface area contributed by atoms with Crippen LogP contribution < -0.4 is 20.5 Å². The van der Waals surface area contributed by atoms with Gasteiger partial charge >= 0.3 is 0 Å². The fourth-order valence-electron chi connectivity index (χ4n) is 3.50. The molecular formula is C25H21N3O4. The Morgan fingerprint density at radius 3 is 2.31 bits per heavy atom. The number of nitrogens with one attached hydrogen (secondary N) is 1. The normalized spacial score (nSPS) is 10.6. The maximum Gasteiger partial charge on any atom is 0.256 e. The molecule has 0 fully saturated rings. The van der Waals surface area contributed by atoms with Gasteiger partial charge in [-0.25, -0.2) is 4.98 Å². The Kier molecular flexibility index (Phi) is 5.72. The van der Waals surface area contributed by atoms with Gasteiger partial charge in [0.25, 0.3) is 11.8 Å². The number of aromatic nitrogens is 1. The number of nitrogens with two attached hydrogens (primary N) is 1. The molecule has 1 heterocycles. The van der Waals surface area contributed by atoms with E-state index in [0.717, 1.165) is 5.56 Å². The van der Waals surface area contributed by atoms with Crippen molar-refractivity contribution in [2.45, 2.75) is 0 Å². The van der Waals surface area contributed by atoms with Gasteiger partial charge in [0.1, 0.15) is 0 Å². The molecule has 0 radical (unpaired) electrons. The second kappa shape index (κ2) is 8.77. The molecule has 0 aliphatic heterocycles. The second-order valence-corrected chi connectivity index (χ2v) is 7.01. The third kappa shape index (κ3) is 3.96. The van der Waals surface area contributed by atoms with Gasteiger partial charge in [0.2, 0.25) is 0 Å². The maximum atomic E-state index is 13.3. The van der Waals surface area contributed by atoms with Crippen LogP contribution in [-0.2, 0) is 0 Å². The molecule has 4 aromatic rings. The number of para-hydroxylation sites is 2. The van der Waals surface area contributed by atoms with Crippen molar-refractivity contribution in [3.8, 4) is 22.8 Å². The fourth-order valence-corrected chi connectivity index (χ4v) is 3.50. The first-order valence-electron chi connectivity index (χ1n) is 9.84. The Morgan fingerprint density at radius 1 is 0.844 bits per heavy atom. The second-order valence-electron chi connectivity index (χ2n) is 7.01. The number of carbonyl (C=O) groups is 2. The monoisotopic (exact) mass is 427 g/mol. The molecule has 160 valence electrons. The summed E-state index contributed by atoms with van der Waals surface area (Å²) in [5.74, 6) is 0.157. The summed E-state index contributed by atoms with van der Waals surface area (Å²) in [6.45, 7) is 0. The van der Waals surface area contributed by atoms with Gasteiger partial charge in [0.15, 0.2) is 11.5 Å². The van der Waals surface area contributed by atoms with Gasteiger partial charge in [-0.1, -0.05) is 30.3 Å². The number of fused-ring (bicyclic) bond motifs is 1. The zero-order chi connectivity index (χ0) is 22.7. The molecule has 0 aliphatic rings. The smallest absolute Gasteiger partial charge is 0.256 e. The summed E-state index contributed by atoms with van der Waals surface area (Å²) in [6.07, 6.45) is 0. The number of methoxy groups -OCH3 is 2. The first-order chi connectivity index (χ1) is 15.5. The summed E-state index contributed by atoms with van der Waals surface area (Å²) in [6, 6.07) is 21.1. The number of carbonyl (C=O) groups excluding carboxylic acids is 2. The van der Waals surface area contributed by atoms with Crippen LogP contribution in [-0.4, -0.2) is 31.0 Å². The van der Waals surface area contributed by atoms with Crippen LogP contribution in [0.4, 0.5) is 5.69 Å². The van der Waals surface area contributed by atoms with Crippen LogP contribution in [0.2, 0.25) is 0 Å². The first-order valence-corrected chi connectivity index (χ1v) is 9.84. The lowest BCUT2D eigenvalue weighted by molar-refractivity contribution is 0.100. The van der Waals surface area contributed by atoms with Crippen LogP contribution >= 0.6 is 0 Å². The molecule has 0 spiro atoms. The molecule has 0 saturated carbocycles. The number of benzene rings is 3. The van der Waals surface area contributed by atoms with Gasteiger partial charge in [-0.05, 0) is 42.5 Å². The van der Waals surface area contributed by atoms with Crippen molar-refractivity contribution in [2.75, 3.05) is 19.5 Å². The van der Waals surface area contributed by atoms with Crippen molar-refractivity contribution in [3.05, 3.63) is 83.9 Å². The van der Waals surface area contributed by atoms with Gasteiger partial charge in [0.05, 0.1) is 42.2 Å². The minimum Gasteiger partial charge on any atom is -0.493 e. The van der Waals surface area contributed by atoms with Crippen molar-refractivity contribution < 1.29 is 19.1 Å². The highest BCUT2D eigenvalue weighted by Crippen LogP contribution is 2.33. The van der Waals surface area contributed by atoms with Gasteiger partial charge in [0, 0.05) is 10.9 Å². The minimum atomic E-state index is -0.619. The van der Waals surface area contributed by atoms with Crippen molar-refractivity contribution in [3.63, 3.8) is 0 Å². The SMILES string of the molecule is COc1ccc(-c2cc(C(=O)Nc3ccccc3C(N)=O)c3ccccc3n2)cc1OC. The lowest BCUT2D eigenvalue weighted by Crippen LogP contribution is -2.18. The standard InChI is InChI=1S/C25H21N3O4/c1-31-22-12-11-15(13-23(22)32-2)21-14-18(16-7-3-5-9-19(16)27-21)25(30)28-20-10-6-4-8-17(20)24(26)29/h3-14H,1-2H3,(H2,26,29)(H,28,30). The zero-order valence-electron chi connectivity index (χ0n) is 17.6. The molecule has 0 saturated heterocycles. The summed E-state index contributed by atoms with van der Waals surface area (Å²) in [5, 5.41) is 3.49. The van der Waals surface area contributed by atoms with E-state index in [-0.39, 0.29) is 11.5 Å². The Hall–Kier alpha value is -4.39. The van der Waals surface area contributed by atoms with Crippen LogP contribution in [0.1, 0.15) is 20.7 Å². The topological polar surface area (TPSA) is 104 Å². The zero-order valence-corrected chi connectivity index (χ0v) is 17.6. The Bertz CT molecular complexity index is 1330. The highest BCUT2D eigenvalue weighted by Gasteiger charge is 2.17. The van der Waals surface area contributed by atoms with E-state index in [0.29, 0.717) is 39.3 Å². The molecule has 0 aliphatic carbocycles. The molecule has 32 heavy (non-hydrogen) atoms. The number of pyridine rings is 1. The van der Waals surface area contributed by atoms with Gasteiger partial charge in [-0.15, -0.1) is 0 Å². The van der Waals surface area contributed by atoms with E-state index in [1.807, 2.05) is 30.3 Å². The van der Waals surface area contributed by atoms with Crippen molar-refractivity contribution in [1.82, 2.24) is 4.98 Å². The third-order valence-corrected chi connectivity index (χ3v) is 5.08. The van der Waals surface area contributed by atoms with E-state index in [2.05, 4.69) is 5.32 Å². The molecule has 0 unspecified atom stereocenters. The number of ether oxygens (including phenoxy) is 2. The molecule has 7 heteroatoms. The van der Waals surface area contributed by atoms with E-state index in [1.165, 1.54) is 0 Å². The Labute approximate surface area is 184 Å². The number of nitrogens with zero attached hydrogens (tertiary/aromatic N) is 1. The van der Waals surface area contributed by atoms with Crippen molar-refractivity contribution in [2.24, 2.45) is 5.73 Å². The summed E-state index contributed by atoms with van der Waals surface area (Å²) in [5.41, 5.74) is 8.47. The van der Waals surface area contributed by atoms with Gasteiger partial charge in [-0.2, -0.15) is 0 Å². The fraction of sp³-hybridized carbons (Fsp3) is 0.0800. The molecule has 2 amide bonds. The molecule has 3 N–H and O–H groups in total. The maximum absolute atomic E-state index is 13.3. The molecule has 1 aromatic heterocycles. The van der Waals surface area contributed by atoms with Crippen molar-refractivity contribution in [1.29, 1.82) is 0 Å². The molecular weight excluding hydrogens is 406 g/mol. The Balaban J connectivity index is 1.82. The number of anilines is 1. The Morgan fingerprint density at radius 2 is 1.56 bits per heavy atom. The third-order valence-electron chi connectivity index (χ3n) is 5.08. The predicted molar refractivity (Wildman–Crippen MR) is 123 cm³/mol. The number of hydrogen-bond acceptors (Lipinski definition) is 5. The van der Waals surface area contributed by atoms with Crippen LogP contribution in [0.3, 0.4) is 0 Å². The summed E-state index contributed by atoms with van der Waals surface area (Å²) in [4.78, 5) is 29.7. The molecule has 4 rings (SSSR count). The number of amides is 2. The minimum absolute atomic E-state index is 0.235. The molecule has 0 bridgehead atoms. The quantitative estimate of drug-likeness (QED) is 0.478. The largest absolute Gasteiger partial charge is 0.493 e. The predicted octanol–water partition coefficient (Wildman–Crippen LogP) is 4.27. The van der Waals surface area contributed by atoms with E-state index < -0.39 is 5.91 Å². The van der Waals surface area contributed by atoms with Gasteiger partial charge in [-0.3, -0.25) is 9.59 Å². The highest BCUT2D eigenvalue weighted by atomic mass is 16.5. The average Bonchev–Trinajstić information content (AvgIpc) is 2.83.